The molecule has 9 rings (SSSR count). The Bertz CT molecular complexity index is 2640. The summed E-state index contributed by atoms with van der Waals surface area (Å²) in [4.78, 5) is 23.3. The van der Waals surface area contributed by atoms with Gasteiger partial charge in [-0.15, -0.1) is 59.2 Å². The first-order valence-corrected chi connectivity index (χ1v) is 17.6. The van der Waals surface area contributed by atoms with Crippen LogP contribution in [0, 0.1) is 32.9 Å². The molecule has 1 radical (unpaired) electrons. The van der Waals surface area contributed by atoms with E-state index in [9.17, 15) is 0 Å². The molecular formula is C48H35IrN5-2. The van der Waals surface area contributed by atoms with E-state index in [1.165, 1.54) is 16.5 Å². The molecule has 0 aliphatic rings. The summed E-state index contributed by atoms with van der Waals surface area (Å²) in [5.74, 6) is 0. The average Bonchev–Trinajstić information content (AvgIpc) is 3.22. The summed E-state index contributed by atoms with van der Waals surface area (Å²) in [6.45, 7) is 6.27. The topological polar surface area (TPSA) is 64.5 Å². The van der Waals surface area contributed by atoms with Crippen molar-refractivity contribution >= 4 is 21.7 Å². The van der Waals surface area contributed by atoms with Crippen LogP contribution in [0.25, 0.3) is 77.8 Å². The van der Waals surface area contributed by atoms with Crippen LogP contribution in [0.15, 0.2) is 158 Å². The fraction of sp³-hybridized carbons (Fsp3) is 0.0625. The third-order valence-corrected chi connectivity index (χ3v) is 9.24. The minimum atomic E-state index is 0. The predicted molar refractivity (Wildman–Crippen MR) is 216 cm³/mol. The fourth-order valence-electron chi connectivity index (χ4n) is 6.61. The second-order valence-corrected chi connectivity index (χ2v) is 13.0. The number of aromatic nitrogens is 5. The Hall–Kier alpha value is -6.20. The minimum Gasteiger partial charge on any atom is -0.305 e. The number of pyridine rings is 3. The molecule has 6 heteroatoms. The number of fused-ring (bicyclic) bond motifs is 3. The van der Waals surface area contributed by atoms with Crippen molar-refractivity contribution in [1.82, 2.24) is 24.9 Å². The summed E-state index contributed by atoms with van der Waals surface area (Å²) in [5.41, 5.74) is 14.3. The van der Waals surface area contributed by atoms with Crippen LogP contribution in [0.1, 0.15) is 16.7 Å². The van der Waals surface area contributed by atoms with Crippen LogP contribution < -0.4 is 0 Å². The summed E-state index contributed by atoms with van der Waals surface area (Å²) in [6, 6.07) is 49.8. The summed E-state index contributed by atoms with van der Waals surface area (Å²) < 4.78 is 0. The molecule has 4 heterocycles. The Morgan fingerprint density at radius 2 is 1.22 bits per heavy atom. The number of rotatable bonds is 5. The van der Waals surface area contributed by atoms with Gasteiger partial charge in [0.2, 0.25) is 0 Å². The van der Waals surface area contributed by atoms with Gasteiger partial charge < -0.3 is 9.97 Å². The molecule has 9 aromatic rings. The second kappa shape index (κ2) is 16.2. The van der Waals surface area contributed by atoms with Crippen molar-refractivity contribution in [2.24, 2.45) is 0 Å². The maximum atomic E-state index is 5.09. The molecular weight excluding hydrogens is 839 g/mol. The van der Waals surface area contributed by atoms with Crippen molar-refractivity contribution in [2.75, 3.05) is 0 Å². The smallest absolute Gasteiger partial charge is 0.0899 e. The first kappa shape index (κ1) is 36.2. The van der Waals surface area contributed by atoms with Gasteiger partial charge in [0.05, 0.1) is 29.3 Å². The molecule has 54 heavy (non-hydrogen) atoms. The number of nitrogens with zero attached hydrogens (tertiary/aromatic N) is 5. The maximum Gasteiger partial charge on any atom is 0.0899 e. The minimum absolute atomic E-state index is 0. The summed E-state index contributed by atoms with van der Waals surface area (Å²) in [6.07, 6.45) is 9.18. The zero-order valence-electron chi connectivity index (χ0n) is 30.1. The van der Waals surface area contributed by atoms with Crippen LogP contribution in [0.5, 0.6) is 0 Å². The monoisotopic (exact) mass is 874 g/mol. The third-order valence-electron chi connectivity index (χ3n) is 9.24. The number of hydrogen-bond acceptors (Lipinski definition) is 5. The molecule has 0 saturated carbocycles. The normalized spacial score (nSPS) is 10.7. The van der Waals surface area contributed by atoms with Crippen molar-refractivity contribution in [1.29, 1.82) is 0 Å². The van der Waals surface area contributed by atoms with E-state index in [0.29, 0.717) is 0 Å². The molecule has 0 N–H and O–H groups in total. The van der Waals surface area contributed by atoms with Gasteiger partial charge in [0.25, 0.3) is 0 Å². The van der Waals surface area contributed by atoms with Crippen LogP contribution in [0.4, 0.5) is 0 Å². The van der Waals surface area contributed by atoms with Crippen molar-refractivity contribution in [3.05, 3.63) is 187 Å². The Balaban J connectivity index is 0.000000200. The van der Waals surface area contributed by atoms with Crippen LogP contribution in [0.3, 0.4) is 0 Å². The van der Waals surface area contributed by atoms with Gasteiger partial charge in [-0.1, -0.05) is 102 Å². The molecule has 0 spiro atoms. The molecule has 5 aromatic carbocycles. The van der Waals surface area contributed by atoms with Crippen LogP contribution >= 0.6 is 0 Å². The predicted octanol–water partition coefficient (Wildman–Crippen LogP) is 11.5. The molecule has 5 nitrogen and oxygen atoms in total. The molecule has 263 valence electrons. The molecule has 0 bridgehead atoms. The van der Waals surface area contributed by atoms with E-state index < -0.39 is 0 Å². The summed E-state index contributed by atoms with van der Waals surface area (Å²) >= 11 is 0. The van der Waals surface area contributed by atoms with Gasteiger partial charge in [-0.05, 0) is 65.8 Å². The van der Waals surface area contributed by atoms with Crippen molar-refractivity contribution in [3.63, 3.8) is 0 Å². The van der Waals surface area contributed by atoms with Gasteiger partial charge in [0.1, 0.15) is 0 Å². The van der Waals surface area contributed by atoms with Crippen molar-refractivity contribution in [3.8, 4) is 56.2 Å². The molecule has 0 fully saturated rings. The van der Waals surface area contributed by atoms with Crippen molar-refractivity contribution in [2.45, 2.75) is 20.8 Å². The van der Waals surface area contributed by atoms with Gasteiger partial charge in [0, 0.05) is 49.6 Å². The van der Waals surface area contributed by atoms with Gasteiger partial charge in [-0.3, -0.25) is 9.97 Å². The largest absolute Gasteiger partial charge is 0.305 e. The Labute approximate surface area is 329 Å². The fourth-order valence-corrected chi connectivity index (χ4v) is 6.61. The number of hydrogen-bond donors (Lipinski definition) is 0. The second-order valence-electron chi connectivity index (χ2n) is 13.0. The molecule has 4 aromatic heterocycles. The number of aryl methyl sites for hydroxylation is 3. The molecule has 0 amide bonds. The Morgan fingerprint density at radius 1 is 0.500 bits per heavy atom. The van der Waals surface area contributed by atoms with Gasteiger partial charge in [-0.2, -0.15) is 0 Å². The number of benzene rings is 5. The molecule has 0 saturated heterocycles. The third kappa shape index (κ3) is 7.62. The van der Waals surface area contributed by atoms with Crippen LogP contribution in [0.2, 0.25) is 0 Å². The van der Waals surface area contributed by atoms with Gasteiger partial charge >= 0.3 is 0 Å². The van der Waals surface area contributed by atoms with Gasteiger partial charge in [-0.25, -0.2) is 4.98 Å². The first-order valence-electron chi connectivity index (χ1n) is 17.6. The van der Waals surface area contributed by atoms with Gasteiger partial charge in [0.15, 0.2) is 0 Å². The Kier molecular flexibility index (Phi) is 10.9. The molecule has 0 aliphatic carbocycles. The van der Waals surface area contributed by atoms with E-state index in [2.05, 4.69) is 102 Å². The standard InChI is InChI=1S/C31H23N4.C17H12N.Ir/c1-19-7-10-23-25(12-19)27(15-29-26(23)13-20(2)16-34-29)31-18-32-17-30(35-31)24-14-22(9-8-21(24)3)28-6-4-5-11-33-28;1-2-8-14(9-3-1)15-10-4-5-11-16(15)17-12-6-7-13-18-17;/h4-8,10-18H,1-3H3;1-10,12-13H;/q2*-1;. The van der Waals surface area contributed by atoms with E-state index >= 15 is 0 Å². The van der Waals surface area contributed by atoms with E-state index in [1.807, 2.05) is 97.6 Å². The van der Waals surface area contributed by atoms with E-state index in [4.69, 9.17) is 9.97 Å². The van der Waals surface area contributed by atoms with E-state index in [0.717, 1.165) is 78.0 Å². The first-order chi connectivity index (χ1) is 26.0. The van der Waals surface area contributed by atoms with Crippen LogP contribution in [-0.4, -0.2) is 24.9 Å². The maximum absolute atomic E-state index is 5.09. The van der Waals surface area contributed by atoms with E-state index in [-0.39, 0.29) is 20.1 Å². The zero-order valence-corrected chi connectivity index (χ0v) is 32.5. The van der Waals surface area contributed by atoms with E-state index in [1.54, 1.807) is 6.20 Å². The molecule has 0 aliphatic heterocycles. The average molecular weight is 874 g/mol. The zero-order chi connectivity index (χ0) is 36.1. The SMILES string of the molecule is Cc1ccc2c(c1)c(-c1cncc(-c3cc(-c4ccccn4)[c-]cc3C)n1)cc1ncc(C)cc12.[Ir].[c-]1cccc(-c2ccccc2)c1-c1ccccn1. The molecule has 0 unspecified atom stereocenters. The quantitative estimate of drug-likeness (QED) is 0.127. The summed E-state index contributed by atoms with van der Waals surface area (Å²) in [7, 11) is 0. The van der Waals surface area contributed by atoms with Crippen molar-refractivity contribution < 1.29 is 20.1 Å². The van der Waals surface area contributed by atoms with Crippen LogP contribution in [-0.2, 0) is 20.1 Å². The Morgan fingerprint density at radius 3 is 1.98 bits per heavy atom. The molecule has 0 atom stereocenters. The summed E-state index contributed by atoms with van der Waals surface area (Å²) in [5, 5.41) is 3.49.